The molecule has 32 heavy (non-hydrogen) atoms. The van der Waals surface area contributed by atoms with Crippen LogP contribution in [0.3, 0.4) is 0 Å². The molecule has 3 aromatic rings. The molecule has 0 bridgehead atoms. The van der Waals surface area contributed by atoms with Gasteiger partial charge < -0.3 is 29.4 Å². The number of fused-ring (bicyclic) bond motifs is 1. The van der Waals surface area contributed by atoms with Crippen LogP contribution in [0.1, 0.15) is 0 Å². The molecule has 4 rings (SSSR count). The van der Waals surface area contributed by atoms with Crippen molar-refractivity contribution in [3.8, 4) is 11.5 Å². The molecule has 0 fully saturated rings. The van der Waals surface area contributed by atoms with Gasteiger partial charge in [0.05, 0.1) is 25.8 Å². The molecule has 2 heterocycles. The summed E-state index contributed by atoms with van der Waals surface area (Å²) in [4.78, 5) is 32.8. The highest BCUT2D eigenvalue weighted by Crippen LogP contribution is 2.29. The number of anilines is 2. The Bertz CT molecular complexity index is 1200. The number of oxazole rings is 1. The number of carbonyl (C=O) groups is 2. The van der Waals surface area contributed by atoms with Crippen LogP contribution in [-0.4, -0.2) is 67.8 Å². The average Bonchev–Trinajstić information content (AvgIpc) is 3.35. The Hall–Kier alpha value is -3.85. The molecule has 0 spiro atoms. The van der Waals surface area contributed by atoms with Gasteiger partial charge in [-0.25, -0.2) is 9.78 Å². The molecule has 0 radical (unpaired) electrons. The van der Waals surface area contributed by atoms with E-state index in [-0.39, 0.29) is 36.9 Å². The summed E-state index contributed by atoms with van der Waals surface area (Å²) in [6.07, 6.45) is 0. The lowest BCUT2D eigenvalue weighted by molar-refractivity contribution is -0.136. The summed E-state index contributed by atoms with van der Waals surface area (Å²) in [6.45, 7) is 0.00711. The molecule has 9 heteroatoms. The SMILES string of the molecule is COC(=O)C1=C(Nc2ccc3oc(-c4ccc(N(C)C)cc4)nc3c2)C(=O)N(CCO)C1. The zero-order valence-corrected chi connectivity index (χ0v) is 18.1. The molecule has 1 aliphatic heterocycles. The van der Waals surface area contributed by atoms with Crippen LogP contribution < -0.4 is 10.2 Å². The van der Waals surface area contributed by atoms with Crippen LogP contribution in [0.5, 0.6) is 0 Å². The summed E-state index contributed by atoms with van der Waals surface area (Å²) in [5.74, 6) is -0.475. The summed E-state index contributed by atoms with van der Waals surface area (Å²) in [5.41, 5.74) is 4.06. The van der Waals surface area contributed by atoms with Gasteiger partial charge in [0, 0.05) is 37.6 Å². The first kappa shape index (κ1) is 21.4. The van der Waals surface area contributed by atoms with E-state index in [0.29, 0.717) is 22.7 Å². The molecule has 0 aliphatic carbocycles. The highest BCUT2D eigenvalue weighted by Gasteiger charge is 2.34. The number of benzene rings is 2. The number of carbonyl (C=O) groups excluding carboxylic acids is 2. The van der Waals surface area contributed by atoms with E-state index >= 15 is 0 Å². The van der Waals surface area contributed by atoms with Gasteiger partial charge in [-0.1, -0.05) is 0 Å². The third-order valence-corrected chi connectivity index (χ3v) is 5.24. The number of amides is 1. The Labute approximate surface area is 184 Å². The standard InChI is InChI=1S/C23H24N4O5/c1-26(2)16-7-4-14(5-8-16)21-25-18-12-15(6-9-19(18)32-21)24-20-17(23(30)31-3)13-27(10-11-28)22(20)29/h4-9,12,24,28H,10-11,13H2,1-3H3. The van der Waals surface area contributed by atoms with Crippen LogP contribution in [0.25, 0.3) is 22.6 Å². The summed E-state index contributed by atoms with van der Waals surface area (Å²) < 4.78 is 10.7. The summed E-state index contributed by atoms with van der Waals surface area (Å²) in [6, 6.07) is 13.1. The topological polar surface area (TPSA) is 108 Å². The smallest absolute Gasteiger partial charge is 0.337 e. The Morgan fingerprint density at radius 1 is 1.25 bits per heavy atom. The number of aromatic nitrogens is 1. The second-order valence-corrected chi connectivity index (χ2v) is 7.56. The fourth-order valence-corrected chi connectivity index (χ4v) is 3.52. The van der Waals surface area contributed by atoms with Gasteiger partial charge >= 0.3 is 5.97 Å². The number of methoxy groups -OCH3 is 1. The minimum atomic E-state index is -0.590. The van der Waals surface area contributed by atoms with E-state index in [0.717, 1.165) is 11.3 Å². The minimum Gasteiger partial charge on any atom is -0.466 e. The molecule has 1 aliphatic rings. The van der Waals surface area contributed by atoms with E-state index in [4.69, 9.17) is 9.15 Å². The molecule has 9 nitrogen and oxygen atoms in total. The first-order valence-electron chi connectivity index (χ1n) is 10.1. The predicted octanol–water partition coefficient (Wildman–Crippen LogP) is 2.23. The second kappa shape index (κ2) is 8.72. The molecule has 1 aromatic heterocycles. The highest BCUT2D eigenvalue weighted by molar-refractivity contribution is 6.08. The zero-order valence-electron chi connectivity index (χ0n) is 18.1. The van der Waals surface area contributed by atoms with Crippen molar-refractivity contribution in [2.45, 2.75) is 0 Å². The highest BCUT2D eigenvalue weighted by atomic mass is 16.5. The number of hydrogen-bond donors (Lipinski definition) is 2. The molecule has 2 N–H and O–H groups in total. The van der Waals surface area contributed by atoms with E-state index in [1.165, 1.54) is 12.0 Å². The van der Waals surface area contributed by atoms with Crippen molar-refractivity contribution in [1.82, 2.24) is 9.88 Å². The monoisotopic (exact) mass is 436 g/mol. The molecular formula is C23H24N4O5. The maximum Gasteiger partial charge on any atom is 0.337 e. The predicted molar refractivity (Wildman–Crippen MR) is 120 cm³/mol. The normalized spacial score (nSPS) is 13.8. The maximum atomic E-state index is 12.7. The van der Waals surface area contributed by atoms with E-state index < -0.39 is 5.97 Å². The van der Waals surface area contributed by atoms with Crippen molar-refractivity contribution >= 4 is 34.4 Å². The molecule has 0 unspecified atom stereocenters. The van der Waals surface area contributed by atoms with Gasteiger partial charge in [0.2, 0.25) is 5.89 Å². The van der Waals surface area contributed by atoms with E-state index in [1.807, 2.05) is 43.3 Å². The van der Waals surface area contributed by atoms with E-state index in [9.17, 15) is 14.7 Å². The van der Waals surface area contributed by atoms with Gasteiger partial charge in [-0.3, -0.25) is 4.79 Å². The van der Waals surface area contributed by atoms with Gasteiger partial charge in [-0.15, -0.1) is 0 Å². The van der Waals surface area contributed by atoms with Crippen LogP contribution >= 0.6 is 0 Å². The first-order chi connectivity index (χ1) is 15.4. The van der Waals surface area contributed by atoms with Crippen LogP contribution in [0.15, 0.2) is 58.2 Å². The Balaban J connectivity index is 1.62. The number of rotatable bonds is 7. The number of aliphatic hydroxyl groups excluding tert-OH is 1. The molecule has 166 valence electrons. The molecule has 1 amide bonds. The van der Waals surface area contributed by atoms with Crippen molar-refractivity contribution in [3.05, 3.63) is 53.7 Å². The number of β-amino-alcohol motifs (C(OH)–C–C–N with tert-alkyl or cyclic N) is 1. The molecule has 2 aromatic carbocycles. The van der Waals surface area contributed by atoms with Crippen molar-refractivity contribution in [1.29, 1.82) is 0 Å². The third-order valence-electron chi connectivity index (χ3n) is 5.24. The fourth-order valence-electron chi connectivity index (χ4n) is 3.52. The largest absolute Gasteiger partial charge is 0.466 e. The number of esters is 1. The zero-order chi connectivity index (χ0) is 22.8. The van der Waals surface area contributed by atoms with E-state index in [1.54, 1.807) is 18.2 Å². The number of aliphatic hydroxyl groups is 1. The van der Waals surface area contributed by atoms with Crippen LogP contribution in [0.4, 0.5) is 11.4 Å². The lowest BCUT2D eigenvalue weighted by Crippen LogP contribution is -2.31. The lowest BCUT2D eigenvalue weighted by atomic mass is 10.2. The Morgan fingerprint density at radius 2 is 2.00 bits per heavy atom. The summed E-state index contributed by atoms with van der Waals surface area (Å²) in [7, 11) is 5.21. The summed E-state index contributed by atoms with van der Waals surface area (Å²) in [5, 5.41) is 12.2. The number of ether oxygens (including phenoxy) is 1. The Kier molecular flexibility index (Phi) is 5.83. The van der Waals surface area contributed by atoms with Gasteiger partial charge in [0.1, 0.15) is 11.2 Å². The Morgan fingerprint density at radius 3 is 2.66 bits per heavy atom. The third kappa shape index (κ3) is 4.02. The average molecular weight is 436 g/mol. The molecule has 0 atom stereocenters. The van der Waals surface area contributed by atoms with Crippen molar-refractivity contribution in [3.63, 3.8) is 0 Å². The van der Waals surface area contributed by atoms with Crippen molar-refractivity contribution in [2.75, 3.05) is 51.1 Å². The maximum absolute atomic E-state index is 12.7. The van der Waals surface area contributed by atoms with Gasteiger partial charge in [-0.2, -0.15) is 0 Å². The van der Waals surface area contributed by atoms with Gasteiger partial charge in [0.15, 0.2) is 5.58 Å². The van der Waals surface area contributed by atoms with Crippen molar-refractivity contribution in [2.24, 2.45) is 0 Å². The van der Waals surface area contributed by atoms with Gasteiger partial charge in [0.25, 0.3) is 5.91 Å². The number of nitrogens with one attached hydrogen (secondary N) is 1. The number of nitrogens with zero attached hydrogens (tertiary/aromatic N) is 3. The summed E-state index contributed by atoms with van der Waals surface area (Å²) >= 11 is 0. The van der Waals surface area contributed by atoms with Crippen LogP contribution in [-0.2, 0) is 14.3 Å². The molecule has 0 saturated carbocycles. The lowest BCUT2D eigenvalue weighted by Gasteiger charge is -2.14. The van der Waals surface area contributed by atoms with E-state index in [2.05, 4.69) is 10.3 Å². The number of hydrogen-bond acceptors (Lipinski definition) is 8. The van der Waals surface area contributed by atoms with Gasteiger partial charge in [-0.05, 0) is 42.5 Å². The second-order valence-electron chi connectivity index (χ2n) is 7.56. The first-order valence-corrected chi connectivity index (χ1v) is 10.1. The molecular weight excluding hydrogens is 412 g/mol. The van der Waals surface area contributed by atoms with Crippen LogP contribution in [0, 0.1) is 0 Å². The van der Waals surface area contributed by atoms with Crippen LogP contribution in [0.2, 0.25) is 0 Å². The quantitative estimate of drug-likeness (QED) is 0.543. The van der Waals surface area contributed by atoms with Crippen molar-refractivity contribution < 1.29 is 23.8 Å². The minimum absolute atomic E-state index is 0.0771. The fraction of sp³-hybridized carbons (Fsp3) is 0.261. The molecule has 0 saturated heterocycles.